The molecule has 2 aromatic rings. The molecule has 1 heterocycles. The Kier molecular flexibility index (Phi) is 4.29. The third-order valence-corrected chi connectivity index (χ3v) is 4.20. The molecule has 0 atom stereocenters. The van der Waals surface area contributed by atoms with Gasteiger partial charge in [0.15, 0.2) is 15.0 Å². The summed E-state index contributed by atoms with van der Waals surface area (Å²) in [5.74, 6) is -0.385. The molecule has 0 radical (unpaired) electrons. The first kappa shape index (κ1) is 15.5. The van der Waals surface area contributed by atoms with Gasteiger partial charge in [-0.05, 0) is 42.8 Å². The van der Waals surface area contributed by atoms with Crippen LogP contribution in [0.4, 0.5) is 5.69 Å². The van der Waals surface area contributed by atoms with Crippen LogP contribution >= 0.6 is 11.6 Å². The smallest absolute Gasteiger partial charge is 0.255 e. The van der Waals surface area contributed by atoms with E-state index < -0.39 is 9.84 Å². The second kappa shape index (κ2) is 5.83. The molecule has 110 valence electrons. The number of halogens is 1. The van der Waals surface area contributed by atoms with Crippen molar-refractivity contribution < 1.29 is 13.2 Å². The predicted octanol–water partition coefficient (Wildman–Crippen LogP) is 2.70. The number of sulfone groups is 1. The summed E-state index contributed by atoms with van der Waals surface area (Å²) in [7, 11) is -3.28. The highest BCUT2D eigenvalue weighted by molar-refractivity contribution is 7.90. The average molecular weight is 325 g/mol. The third kappa shape index (κ3) is 3.80. The minimum absolute atomic E-state index is 0.161. The van der Waals surface area contributed by atoms with Gasteiger partial charge >= 0.3 is 0 Å². The van der Waals surface area contributed by atoms with Crippen molar-refractivity contribution in [2.45, 2.75) is 11.8 Å². The molecule has 0 aliphatic carbocycles. The molecule has 1 aromatic carbocycles. The number of hydrogen-bond acceptors (Lipinski definition) is 4. The van der Waals surface area contributed by atoms with Crippen LogP contribution in [-0.2, 0) is 9.84 Å². The second-order valence-corrected chi connectivity index (χ2v) is 6.98. The van der Waals surface area contributed by atoms with Crippen molar-refractivity contribution in [3.63, 3.8) is 0 Å². The van der Waals surface area contributed by atoms with Crippen LogP contribution in [0.25, 0.3) is 0 Å². The van der Waals surface area contributed by atoms with Crippen LogP contribution < -0.4 is 5.32 Å². The van der Waals surface area contributed by atoms with Crippen LogP contribution in [0.3, 0.4) is 0 Å². The molecule has 0 saturated heterocycles. The molecule has 0 aliphatic heterocycles. The summed E-state index contributed by atoms with van der Waals surface area (Å²) in [6.45, 7) is 1.83. The van der Waals surface area contributed by atoms with E-state index in [4.69, 9.17) is 11.6 Å². The fraction of sp³-hybridized carbons (Fsp3) is 0.143. The molecular formula is C14H13ClN2O3S. The summed E-state index contributed by atoms with van der Waals surface area (Å²) in [6, 6.07) is 7.38. The Morgan fingerprint density at radius 1 is 1.24 bits per heavy atom. The van der Waals surface area contributed by atoms with E-state index in [-0.39, 0.29) is 16.0 Å². The molecule has 0 aliphatic rings. The Bertz CT molecular complexity index is 786. The molecule has 1 amide bonds. The van der Waals surface area contributed by atoms with Crippen LogP contribution in [-0.4, -0.2) is 25.6 Å². The van der Waals surface area contributed by atoms with Crippen molar-refractivity contribution in [1.29, 1.82) is 0 Å². The van der Waals surface area contributed by atoms with Gasteiger partial charge in [0.1, 0.15) is 0 Å². The number of amides is 1. The maximum Gasteiger partial charge on any atom is 0.255 e. The van der Waals surface area contributed by atoms with Gasteiger partial charge < -0.3 is 5.32 Å². The lowest BCUT2D eigenvalue weighted by Gasteiger charge is -2.08. The van der Waals surface area contributed by atoms with Crippen LogP contribution in [0, 0.1) is 6.92 Å². The molecule has 0 saturated carbocycles. The van der Waals surface area contributed by atoms with E-state index >= 15 is 0 Å². The Morgan fingerprint density at radius 2 is 1.86 bits per heavy atom. The van der Waals surface area contributed by atoms with Crippen molar-refractivity contribution >= 4 is 33.0 Å². The quantitative estimate of drug-likeness (QED) is 0.881. The number of benzene rings is 1. The van der Waals surface area contributed by atoms with E-state index in [0.29, 0.717) is 11.3 Å². The number of aromatic nitrogens is 1. The van der Waals surface area contributed by atoms with Crippen molar-refractivity contribution in [2.75, 3.05) is 11.6 Å². The molecule has 7 heteroatoms. The van der Waals surface area contributed by atoms with Crippen LogP contribution in [0.2, 0.25) is 5.15 Å². The zero-order valence-corrected chi connectivity index (χ0v) is 13.0. The first-order valence-electron chi connectivity index (χ1n) is 6.01. The van der Waals surface area contributed by atoms with E-state index in [9.17, 15) is 13.2 Å². The Balaban J connectivity index is 2.23. The maximum absolute atomic E-state index is 12.1. The Morgan fingerprint density at radius 3 is 2.43 bits per heavy atom. The van der Waals surface area contributed by atoms with E-state index in [0.717, 1.165) is 11.8 Å². The number of nitrogens with one attached hydrogen (secondary N) is 1. The summed E-state index contributed by atoms with van der Waals surface area (Å²) >= 11 is 5.91. The molecule has 21 heavy (non-hydrogen) atoms. The number of rotatable bonds is 3. The SMILES string of the molecule is Cc1cnc(Cl)c(NC(=O)c2ccc(S(C)(=O)=O)cc2)c1. The van der Waals surface area contributed by atoms with Crippen molar-refractivity contribution in [3.05, 3.63) is 52.8 Å². The Hall–Kier alpha value is -1.92. The predicted molar refractivity (Wildman–Crippen MR) is 81.5 cm³/mol. The highest BCUT2D eigenvalue weighted by atomic mass is 35.5. The monoisotopic (exact) mass is 324 g/mol. The summed E-state index contributed by atoms with van der Waals surface area (Å²) in [5.41, 5.74) is 1.61. The number of anilines is 1. The zero-order valence-electron chi connectivity index (χ0n) is 11.4. The Labute approximate surface area is 127 Å². The first-order chi connectivity index (χ1) is 9.77. The van der Waals surface area contributed by atoms with Gasteiger partial charge in [0.25, 0.3) is 5.91 Å². The molecule has 5 nitrogen and oxygen atoms in total. The van der Waals surface area contributed by atoms with Crippen LogP contribution in [0.15, 0.2) is 41.4 Å². The van der Waals surface area contributed by atoms with Crippen molar-refractivity contribution in [3.8, 4) is 0 Å². The van der Waals surface area contributed by atoms with Gasteiger partial charge in [-0.15, -0.1) is 0 Å². The first-order valence-corrected chi connectivity index (χ1v) is 8.28. The van der Waals surface area contributed by atoms with Crippen LogP contribution in [0.1, 0.15) is 15.9 Å². The van der Waals surface area contributed by atoms with Gasteiger partial charge in [0, 0.05) is 18.0 Å². The maximum atomic E-state index is 12.1. The zero-order chi connectivity index (χ0) is 15.6. The second-order valence-electron chi connectivity index (χ2n) is 4.60. The number of carbonyl (C=O) groups excluding carboxylic acids is 1. The minimum Gasteiger partial charge on any atom is -0.319 e. The summed E-state index contributed by atoms with van der Waals surface area (Å²) in [5, 5.41) is 2.84. The minimum atomic E-state index is -3.28. The van der Waals surface area contributed by atoms with Gasteiger partial charge in [0.05, 0.1) is 10.6 Å². The van der Waals surface area contributed by atoms with E-state index in [2.05, 4.69) is 10.3 Å². The van der Waals surface area contributed by atoms with Crippen molar-refractivity contribution in [2.24, 2.45) is 0 Å². The molecule has 0 fully saturated rings. The fourth-order valence-electron chi connectivity index (χ4n) is 1.69. The van der Waals surface area contributed by atoms with E-state index in [1.54, 1.807) is 12.3 Å². The molecule has 1 N–H and O–H groups in total. The lowest BCUT2D eigenvalue weighted by Crippen LogP contribution is -2.13. The largest absolute Gasteiger partial charge is 0.319 e. The number of nitrogens with zero attached hydrogens (tertiary/aromatic N) is 1. The standard InChI is InChI=1S/C14H13ClN2O3S/c1-9-7-12(13(15)16-8-9)17-14(18)10-3-5-11(6-4-10)21(2,19)20/h3-8H,1-2H3,(H,17,18). The molecule has 0 bridgehead atoms. The molecular weight excluding hydrogens is 312 g/mol. The average Bonchev–Trinajstić information content (AvgIpc) is 2.42. The van der Waals surface area contributed by atoms with Gasteiger partial charge in [-0.25, -0.2) is 13.4 Å². The summed E-state index contributed by atoms with van der Waals surface area (Å²) in [4.78, 5) is 16.2. The lowest BCUT2D eigenvalue weighted by atomic mass is 10.2. The fourth-order valence-corrected chi connectivity index (χ4v) is 2.47. The molecule has 0 spiro atoms. The molecule has 2 rings (SSSR count). The number of aryl methyl sites for hydroxylation is 1. The van der Waals surface area contributed by atoms with Crippen molar-refractivity contribution in [1.82, 2.24) is 4.98 Å². The number of carbonyl (C=O) groups is 1. The van der Waals surface area contributed by atoms with Crippen LogP contribution in [0.5, 0.6) is 0 Å². The molecule has 0 unspecified atom stereocenters. The van der Waals surface area contributed by atoms with Gasteiger partial charge in [-0.1, -0.05) is 11.6 Å². The number of hydrogen-bond donors (Lipinski definition) is 1. The van der Waals surface area contributed by atoms with E-state index in [1.165, 1.54) is 24.3 Å². The van der Waals surface area contributed by atoms with Gasteiger partial charge in [-0.2, -0.15) is 0 Å². The normalized spacial score (nSPS) is 11.2. The number of pyridine rings is 1. The van der Waals surface area contributed by atoms with E-state index in [1.807, 2.05) is 6.92 Å². The lowest BCUT2D eigenvalue weighted by molar-refractivity contribution is 0.102. The molecule has 1 aromatic heterocycles. The topological polar surface area (TPSA) is 76.1 Å². The third-order valence-electron chi connectivity index (χ3n) is 2.77. The summed E-state index contributed by atoms with van der Waals surface area (Å²) < 4.78 is 22.7. The highest BCUT2D eigenvalue weighted by Crippen LogP contribution is 2.21. The van der Waals surface area contributed by atoms with Gasteiger partial charge in [0.2, 0.25) is 0 Å². The highest BCUT2D eigenvalue weighted by Gasteiger charge is 2.12. The summed E-state index contributed by atoms with van der Waals surface area (Å²) in [6.07, 6.45) is 2.71. The van der Waals surface area contributed by atoms with Gasteiger partial charge in [-0.3, -0.25) is 4.79 Å².